The predicted octanol–water partition coefficient (Wildman–Crippen LogP) is 9.83. The van der Waals surface area contributed by atoms with Gasteiger partial charge in [-0.1, -0.05) is 130 Å². The number of rotatable bonds is 10. The minimum absolute atomic E-state index is 0.212. The summed E-state index contributed by atoms with van der Waals surface area (Å²) in [6.45, 7) is 10.8. The highest BCUT2D eigenvalue weighted by Crippen LogP contribution is 2.52. The summed E-state index contributed by atoms with van der Waals surface area (Å²) in [5.74, 6) is 0.388. The zero-order chi connectivity index (χ0) is 33.2. The number of benzene rings is 5. The molecule has 0 radical (unpaired) electrons. The molecule has 3 nitrogen and oxygen atoms in total. The van der Waals surface area contributed by atoms with E-state index in [2.05, 4.69) is 68.7 Å². The second-order valence-corrected chi connectivity index (χ2v) is 18.4. The second-order valence-electron chi connectivity index (χ2n) is 12.6. The van der Waals surface area contributed by atoms with Gasteiger partial charge >= 0.3 is 0 Å². The highest BCUT2D eigenvalue weighted by atomic mass is 31.2. The van der Waals surface area contributed by atoms with E-state index in [0.29, 0.717) is 5.92 Å². The summed E-state index contributed by atoms with van der Waals surface area (Å²) in [5, 5.41) is 6.89. The van der Waals surface area contributed by atoms with Crippen LogP contribution in [0.4, 0.5) is 0 Å². The maximum Gasteiger partial charge on any atom is 0.171 e. The maximum absolute atomic E-state index is 15.4. The van der Waals surface area contributed by atoms with Crippen molar-refractivity contribution in [1.29, 1.82) is 0 Å². The van der Waals surface area contributed by atoms with Crippen LogP contribution in [-0.2, 0) is 9.13 Å². The SMILES string of the molecule is CC/C=C\C=C(/C)P(=O)(c1ccccc1)c1ccc2c(c1)c1cc(P(=O)(c3ccccc3)c3ccccc3)ccc1n2C(C)C(C)C. The molecular formula is C42H43NO2P2. The zero-order valence-corrected chi connectivity index (χ0v) is 29.7. The summed E-state index contributed by atoms with van der Waals surface area (Å²) in [4.78, 5) is 0. The first-order chi connectivity index (χ1) is 22.7. The van der Waals surface area contributed by atoms with Crippen LogP contribution in [-0.4, -0.2) is 4.57 Å². The molecule has 0 bridgehead atoms. The topological polar surface area (TPSA) is 39.1 Å². The van der Waals surface area contributed by atoms with Gasteiger partial charge in [0.05, 0.1) is 0 Å². The van der Waals surface area contributed by atoms with Crippen LogP contribution in [0.5, 0.6) is 0 Å². The molecule has 238 valence electrons. The Labute approximate surface area is 279 Å². The Balaban J connectivity index is 1.67. The minimum Gasteiger partial charge on any atom is -0.337 e. The molecule has 47 heavy (non-hydrogen) atoms. The molecule has 5 aromatic carbocycles. The summed E-state index contributed by atoms with van der Waals surface area (Å²) >= 11 is 0. The van der Waals surface area contributed by atoms with Gasteiger partial charge in [0.15, 0.2) is 14.3 Å². The van der Waals surface area contributed by atoms with Crippen molar-refractivity contribution in [3.8, 4) is 0 Å². The van der Waals surface area contributed by atoms with Gasteiger partial charge in [-0.25, -0.2) is 0 Å². The van der Waals surface area contributed by atoms with Crippen molar-refractivity contribution < 1.29 is 9.13 Å². The van der Waals surface area contributed by atoms with Crippen molar-refractivity contribution in [3.05, 3.63) is 151 Å². The fraction of sp³-hybridized carbons (Fsp3) is 0.190. The highest BCUT2D eigenvalue weighted by Gasteiger charge is 2.32. The molecule has 0 aliphatic rings. The molecule has 0 fully saturated rings. The molecular weight excluding hydrogens is 612 g/mol. The molecule has 1 heterocycles. The quantitative estimate of drug-likeness (QED) is 0.109. The van der Waals surface area contributed by atoms with Crippen LogP contribution >= 0.6 is 14.3 Å². The van der Waals surface area contributed by atoms with Crippen molar-refractivity contribution in [1.82, 2.24) is 4.57 Å². The average Bonchev–Trinajstić information content (AvgIpc) is 3.44. The predicted molar refractivity (Wildman–Crippen MR) is 205 cm³/mol. The molecule has 5 heteroatoms. The van der Waals surface area contributed by atoms with Gasteiger partial charge < -0.3 is 13.7 Å². The Hall–Kier alpha value is -4.16. The first-order valence-corrected chi connectivity index (χ1v) is 19.9. The summed E-state index contributed by atoms with van der Waals surface area (Å²) < 4.78 is 33.2. The molecule has 2 atom stereocenters. The Morgan fingerprint density at radius 1 is 0.638 bits per heavy atom. The van der Waals surface area contributed by atoms with Gasteiger partial charge in [0, 0.05) is 54.4 Å². The van der Waals surface area contributed by atoms with Crippen LogP contribution < -0.4 is 26.5 Å². The van der Waals surface area contributed by atoms with E-state index in [1.165, 1.54) is 0 Å². The highest BCUT2D eigenvalue weighted by molar-refractivity contribution is 7.85. The lowest BCUT2D eigenvalue weighted by atomic mass is 10.1. The van der Waals surface area contributed by atoms with E-state index in [4.69, 9.17) is 0 Å². The number of hydrogen-bond donors (Lipinski definition) is 0. The van der Waals surface area contributed by atoms with E-state index >= 15 is 9.13 Å². The summed E-state index contributed by atoms with van der Waals surface area (Å²) in [6, 6.07) is 42.3. The second kappa shape index (κ2) is 13.5. The first kappa shape index (κ1) is 32.8. The fourth-order valence-corrected chi connectivity index (χ4v) is 11.8. The van der Waals surface area contributed by atoms with Crippen molar-refractivity contribution in [2.24, 2.45) is 5.92 Å². The van der Waals surface area contributed by atoms with Crippen LogP contribution in [0.15, 0.2) is 151 Å². The zero-order valence-electron chi connectivity index (χ0n) is 27.9. The normalized spacial score (nSPS) is 14.6. The first-order valence-electron chi connectivity index (χ1n) is 16.5. The standard InChI is InChI=1S/C42H43NO2P2/c1-6-7-11-18-32(4)46(44,34-19-12-8-13-20-34)37-25-27-41-39(29-37)40-30-38(26-28-42(40)43(41)33(5)31(2)3)47(45,35-21-14-9-15-22-35)36-23-16-10-17-24-36/h7-31,33H,6H2,1-5H3/b11-7-,32-18+. The van der Waals surface area contributed by atoms with Crippen molar-refractivity contribution in [3.63, 3.8) is 0 Å². The Morgan fingerprint density at radius 3 is 1.60 bits per heavy atom. The van der Waals surface area contributed by atoms with Crippen LogP contribution in [0.25, 0.3) is 21.8 Å². The summed E-state index contributed by atoms with van der Waals surface area (Å²) in [7, 11) is -6.36. The molecule has 0 saturated carbocycles. The van der Waals surface area contributed by atoms with Crippen molar-refractivity contribution >= 4 is 62.6 Å². The third kappa shape index (κ3) is 5.82. The van der Waals surface area contributed by atoms with Crippen molar-refractivity contribution in [2.75, 3.05) is 0 Å². The van der Waals surface area contributed by atoms with Crippen LogP contribution in [0, 0.1) is 5.92 Å². The number of hydrogen-bond acceptors (Lipinski definition) is 2. The molecule has 0 N–H and O–H groups in total. The molecule has 0 aliphatic heterocycles. The van der Waals surface area contributed by atoms with E-state index in [1.54, 1.807) is 0 Å². The van der Waals surface area contributed by atoms with Gasteiger partial charge in [0.25, 0.3) is 0 Å². The van der Waals surface area contributed by atoms with Crippen LogP contribution in [0.2, 0.25) is 0 Å². The Bertz CT molecular complexity index is 2130. The monoisotopic (exact) mass is 655 g/mol. The van der Waals surface area contributed by atoms with E-state index in [9.17, 15) is 0 Å². The number of aromatic nitrogens is 1. The largest absolute Gasteiger partial charge is 0.337 e. The van der Waals surface area contributed by atoms with Gasteiger partial charge in [0.1, 0.15) is 0 Å². The van der Waals surface area contributed by atoms with Gasteiger partial charge in [-0.05, 0) is 67.9 Å². The molecule has 6 rings (SSSR count). The Kier molecular flexibility index (Phi) is 9.43. The van der Waals surface area contributed by atoms with Gasteiger partial charge in [0.2, 0.25) is 0 Å². The third-order valence-corrected chi connectivity index (χ3v) is 15.7. The number of nitrogens with zero attached hydrogens (tertiary/aromatic N) is 1. The molecule has 6 aromatic rings. The summed E-state index contributed by atoms with van der Waals surface area (Å²) in [6.07, 6.45) is 7.01. The van der Waals surface area contributed by atoms with Crippen LogP contribution in [0.1, 0.15) is 47.1 Å². The smallest absolute Gasteiger partial charge is 0.171 e. The molecule has 0 saturated heterocycles. The minimum atomic E-state index is -3.20. The number of allylic oxidation sites excluding steroid dienone is 4. The van der Waals surface area contributed by atoms with E-state index < -0.39 is 14.3 Å². The van der Waals surface area contributed by atoms with Gasteiger partial charge in [-0.2, -0.15) is 0 Å². The lowest BCUT2D eigenvalue weighted by molar-refractivity contribution is 0.427. The van der Waals surface area contributed by atoms with Gasteiger partial charge in [-0.3, -0.25) is 0 Å². The lowest BCUT2D eigenvalue weighted by Gasteiger charge is -2.22. The molecule has 0 spiro atoms. The fourth-order valence-electron chi connectivity index (χ4n) is 6.52. The molecule has 0 amide bonds. The van der Waals surface area contributed by atoms with Crippen molar-refractivity contribution in [2.45, 2.75) is 47.1 Å². The lowest BCUT2D eigenvalue weighted by Crippen LogP contribution is -2.25. The van der Waals surface area contributed by atoms with Crippen LogP contribution in [0.3, 0.4) is 0 Å². The third-order valence-electron chi connectivity index (χ3n) is 9.43. The van der Waals surface area contributed by atoms with E-state index in [-0.39, 0.29) is 6.04 Å². The molecule has 0 aliphatic carbocycles. The van der Waals surface area contributed by atoms with E-state index in [1.807, 2.05) is 116 Å². The average molecular weight is 656 g/mol. The molecule has 2 unspecified atom stereocenters. The molecule has 1 aromatic heterocycles. The van der Waals surface area contributed by atoms with E-state index in [0.717, 1.165) is 60.1 Å². The number of fused-ring (bicyclic) bond motifs is 3. The Morgan fingerprint density at radius 2 is 1.11 bits per heavy atom. The van der Waals surface area contributed by atoms with Gasteiger partial charge in [-0.15, -0.1) is 0 Å². The maximum atomic E-state index is 15.4. The summed E-state index contributed by atoms with van der Waals surface area (Å²) in [5.41, 5.74) is 2.17.